The molecule has 2 atom stereocenters. The third-order valence-electron chi connectivity index (χ3n) is 4.69. The van der Waals surface area contributed by atoms with Crippen LogP contribution < -0.4 is 5.32 Å². The van der Waals surface area contributed by atoms with Crippen molar-refractivity contribution in [3.63, 3.8) is 0 Å². The van der Waals surface area contributed by atoms with Gasteiger partial charge in [0.25, 0.3) is 0 Å². The number of carbonyl (C=O) groups is 1. The van der Waals surface area contributed by atoms with Gasteiger partial charge in [-0.3, -0.25) is 14.6 Å². The molecule has 1 heterocycles. The Balaban J connectivity index is 1.79. The van der Waals surface area contributed by atoms with E-state index in [0.717, 1.165) is 58.7 Å². The normalized spacial score (nSPS) is 25.8. The summed E-state index contributed by atoms with van der Waals surface area (Å²) in [5.74, 6) is 0.204. The largest absolute Gasteiger partial charge is 0.380 e. The van der Waals surface area contributed by atoms with Gasteiger partial charge in [0, 0.05) is 44.9 Å². The lowest BCUT2D eigenvalue weighted by molar-refractivity contribution is -0.127. The van der Waals surface area contributed by atoms with E-state index in [0.29, 0.717) is 12.1 Å². The molecule has 1 saturated carbocycles. The lowest BCUT2D eigenvalue weighted by Crippen LogP contribution is -2.58. The van der Waals surface area contributed by atoms with Crippen molar-refractivity contribution in [1.29, 1.82) is 0 Å². The van der Waals surface area contributed by atoms with Gasteiger partial charge < -0.3 is 10.1 Å². The SMILES string of the molecule is CCOCCN1CCN([C@@H](C)C(=O)NC2CC2)C[C@@H]1CC. The number of hydrogen-bond donors (Lipinski definition) is 1. The fourth-order valence-electron chi connectivity index (χ4n) is 2.99. The molecule has 1 aliphatic heterocycles. The fraction of sp³-hybridized carbons (Fsp3) is 0.938. The summed E-state index contributed by atoms with van der Waals surface area (Å²) in [6.45, 7) is 11.9. The van der Waals surface area contributed by atoms with Gasteiger partial charge in [0.15, 0.2) is 0 Å². The molecule has 0 aromatic rings. The topological polar surface area (TPSA) is 44.8 Å². The minimum atomic E-state index is -0.00584. The molecule has 122 valence electrons. The minimum absolute atomic E-state index is 0.00584. The van der Waals surface area contributed by atoms with Crippen LogP contribution in [0.5, 0.6) is 0 Å². The molecule has 5 nitrogen and oxygen atoms in total. The number of piperazine rings is 1. The molecule has 1 amide bonds. The van der Waals surface area contributed by atoms with E-state index in [2.05, 4.69) is 22.0 Å². The second-order valence-electron chi connectivity index (χ2n) is 6.25. The molecule has 0 aromatic carbocycles. The van der Waals surface area contributed by atoms with Crippen LogP contribution in [0.4, 0.5) is 0 Å². The van der Waals surface area contributed by atoms with Crippen molar-refractivity contribution in [2.45, 2.75) is 58.2 Å². The number of ether oxygens (including phenoxy) is 1. The Labute approximate surface area is 129 Å². The molecule has 0 radical (unpaired) electrons. The summed E-state index contributed by atoms with van der Waals surface area (Å²) in [5.41, 5.74) is 0. The van der Waals surface area contributed by atoms with Gasteiger partial charge in [-0.1, -0.05) is 6.92 Å². The average molecular weight is 297 g/mol. The number of amides is 1. The van der Waals surface area contributed by atoms with E-state index in [4.69, 9.17) is 4.74 Å². The predicted molar refractivity (Wildman–Crippen MR) is 84.3 cm³/mol. The molecule has 1 N–H and O–H groups in total. The predicted octanol–water partition coefficient (Wildman–Crippen LogP) is 1.09. The maximum atomic E-state index is 12.2. The quantitative estimate of drug-likeness (QED) is 0.681. The highest BCUT2D eigenvalue weighted by Gasteiger charge is 2.32. The fourth-order valence-corrected chi connectivity index (χ4v) is 2.99. The van der Waals surface area contributed by atoms with Crippen LogP contribution in [0.25, 0.3) is 0 Å². The Kier molecular flexibility index (Phi) is 6.45. The Hall–Kier alpha value is -0.650. The highest BCUT2D eigenvalue weighted by atomic mass is 16.5. The maximum Gasteiger partial charge on any atom is 0.237 e. The Morgan fingerprint density at radius 2 is 2.10 bits per heavy atom. The summed E-state index contributed by atoms with van der Waals surface area (Å²) < 4.78 is 5.47. The van der Waals surface area contributed by atoms with Gasteiger partial charge in [0.05, 0.1) is 12.6 Å². The molecule has 21 heavy (non-hydrogen) atoms. The molecular formula is C16H31N3O2. The summed E-state index contributed by atoms with van der Waals surface area (Å²) in [5, 5.41) is 3.12. The Morgan fingerprint density at radius 1 is 1.33 bits per heavy atom. The van der Waals surface area contributed by atoms with E-state index in [-0.39, 0.29) is 11.9 Å². The van der Waals surface area contributed by atoms with E-state index in [1.807, 2.05) is 13.8 Å². The van der Waals surface area contributed by atoms with Gasteiger partial charge in [0.1, 0.15) is 0 Å². The molecule has 1 aliphatic carbocycles. The smallest absolute Gasteiger partial charge is 0.237 e. The molecule has 2 fully saturated rings. The summed E-state index contributed by atoms with van der Waals surface area (Å²) in [6, 6.07) is 0.985. The van der Waals surface area contributed by atoms with Crippen molar-refractivity contribution in [1.82, 2.24) is 15.1 Å². The van der Waals surface area contributed by atoms with Gasteiger partial charge in [-0.2, -0.15) is 0 Å². The van der Waals surface area contributed by atoms with Gasteiger partial charge in [-0.05, 0) is 33.1 Å². The van der Waals surface area contributed by atoms with Crippen LogP contribution in [0.3, 0.4) is 0 Å². The zero-order valence-electron chi connectivity index (χ0n) is 13.8. The van der Waals surface area contributed by atoms with Crippen LogP contribution in [-0.2, 0) is 9.53 Å². The lowest BCUT2D eigenvalue weighted by Gasteiger charge is -2.43. The van der Waals surface area contributed by atoms with Crippen LogP contribution in [0.1, 0.15) is 40.0 Å². The second kappa shape index (κ2) is 8.11. The minimum Gasteiger partial charge on any atom is -0.380 e. The summed E-state index contributed by atoms with van der Waals surface area (Å²) in [6.07, 6.45) is 3.43. The van der Waals surface area contributed by atoms with E-state index < -0.39 is 0 Å². The Morgan fingerprint density at radius 3 is 2.71 bits per heavy atom. The van der Waals surface area contributed by atoms with Gasteiger partial charge in [-0.25, -0.2) is 0 Å². The average Bonchev–Trinajstić information content (AvgIpc) is 3.30. The third kappa shape index (κ3) is 4.94. The first kappa shape index (κ1) is 16.7. The van der Waals surface area contributed by atoms with Gasteiger partial charge in [-0.15, -0.1) is 0 Å². The summed E-state index contributed by atoms with van der Waals surface area (Å²) in [7, 11) is 0. The van der Waals surface area contributed by atoms with Crippen LogP contribution in [-0.4, -0.2) is 73.2 Å². The van der Waals surface area contributed by atoms with Crippen molar-refractivity contribution >= 4 is 5.91 Å². The molecule has 5 heteroatoms. The molecule has 0 unspecified atom stereocenters. The second-order valence-corrected chi connectivity index (χ2v) is 6.25. The molecule has 2 rings (SSSR count). The van der Waals surface area contributed by atoms with Gasteiger partial charge >= 0.3 is 0 Å². The number of nitrogens with one attached hydrogen (secondary N) is 1. The summed E-state index contributed by atoms with van der Waals surface area (Å²) in [4.78, 5) is 17.0. The van der Waals surface area contributed by atoms with E-state index in [9.17, 15) is 4.79 Å². The molecule has 0 aromatic heterocycles. The summed E-state index contributed by atoms with van der Waals surface area (Å²) >= 11 is 0. The first-order valence-electron chi connectivity index (χ1n) is 8.51. The van der Waals surface area contributed by atoms with Crippen molar-refractivity contribution in [2.24, 2.45) is 0 Å². The van der Waals surface area contributed by atoms with Crippen LogP contribution in [0.15, 0.2) is 0 Å². The lowest BCUT2D eigenvalue weighted by atomic mass is 10.1. The zero-order chi connectivity index (χ0) is 15.2. The van der Waals surface area contributed by atoms with Crippen LogP contribution >= 0.6 is 0 Å². The molecule has 2 aliphatic rings. The van der Waals surface area contributed by atoms with Crippen LogP contribution in [0.2, 0.25) is 0 Å². The third-order valence-corrected chi connectivity index (χ3v) is 4.69. The van der Waals surface area contributed by atoms with Gasteiger partial charge in [0.2, 0.25) is 5.91 Å². The number of hydrogen-bond acceptors (Lipinski definition) is 4. The standard InChI is InChI=1S/C16H31N3O2/c1-4-15-12-19(9-8-18(15)10-11-21-5-2)13(3)16(20)17-14-6-7-14/h13-15H,4-12H2,1-3H3,(H,17,20)/t13-,15-/m0/s1. The number of nitrogens with zero attached hydrogens (tertiary/aromatic N) is 2. The molecule has 0 bridgehead atoms. The van der Waals surface area contributed by atoms with E-state index >= 15 is 0 Å². The van der Waals surface area contributed by atoms with Crippen molar-refractivity contribution in [3.8, 4) is 0 Å². The highest BCUT2D eigenvalue weighted by molar-refractivity contribution is 5.81. The maximum absolute atomic E-state index is 12.2. The van der Waals surface area contributed by atoms with E-state index in [1.54, 1.807) is 0 Å². The van der Waals surface area contributed by atoms with E-state index in [1.165, 1.54) is 0 Å². The van der Waals surface area contributed by atoms with Crippen molar-refractivity contribution in [2.75, 3.05) is 39.4 Å². The molecular weight excluding hydrogens is 266 g/mol. The molecule has 0 spiro atoms. The van der Waals surface area contributed by atoms with Crippen molar-refractivity contribution < 1.29 is 9.53 Å². The zero-order valence-corrected chi connectivity index (χ0v) is 13.8. The number of rotatable bonds is 8. The first-order chi connectivity index (χ1) is 10.2. The first-order valence-corrected chi connectivity index (χ1v) is 8.51. The molecule has 1 saturated heterocycles. The highest BCUT2D eigenvalue weighted by Crippen LogP contribution is 2.20. The van der Waals surface area contributed by atoms with Crippen LogP contribution in [0, 0.1) is 0 Å². The van der Waals surface area contributed by atoms with Crippen molar-refractivity contribution in [3.05, 3.63) is 0 Å². The monoisotopic (exact) mass is 297 g/mol. The number of carbonyl (C=O) groups excluding carboxylic acids is 1. The Bertz CT molecular complexity index is 333.